The SMILES string of the molecule is CC(C)(C)OC(=O)N[C@H]1CC[C@@H](SC(=O)c2ccccc2)[C@H](O)C1. The van der Waals surface area contributed by atoms with Crippen molar-refractivity contribution in [2.75, 3.05) is 0 Å². The maximum atomic E-state index is 12.2. The smallest absolute Gasteiger partial charge is 0.407 e. The Morgan fingerprint density at radius 1 is 1.21 bits per heavy atom. The number of thioether (sulfide) groups is 1. The van der Waals surface area contributed by atoms with Crippen LogP contribution in [0.1, 0.15) is 50.4 Å². The van der Waals surface area contributed by atoms with E-state index in [0.717, 1.165) is 6.42 Å². The van der Waals surface area contributed by atoms with Crippen LogP contribution in [0.15, 0.2) is 30.3 Å². The summed E-state index contributed by atoms with van der Waals surface area (Å²) in [7, 11) is 0. The molecule has 132 valence electrons. The van der Waals surface area contributed by atoms with Crippen molar-refractivity contribution < 1.29 is 19.4 Å². The third kappa shape index (κ3) is 5.83. The van der Waals surface area contributed by atoms with E-state index in [2.05, 4.69) is 5.32 Å². The van der Waals surface area contributed by atoms with Crippen LogP contribution in [0, 0.1) is 0 Å². The molecule has 3 atom stereocenters. The van der Waals surface area contributed by atoms with Crippen molar-refractivity contribution in [2.45, 2.75) is 63.0 Å². The van der Waals surface area contributed by atoms with Gasteiger partial charge in [-0.2, -0.15) is 0 Å². The van der Waals surface area contributed by atoms with Gasteiger partial charge in [-0.05, 0) is 40.0 Å². The second-order valence-electron chi connectivity index (χ2n) is 7.03. The lowest BCUT2D eigenvalue weighted by Crippen LogP contribution is -2.45. The molecule has 24 heavy (non-hydrogen) atoms. The van der Waals surface area contributed by atoms with Gasteiger partial charge in [0.1, 0.15) is 5.60 Å². The number of nitrogens with one attached hydrogen (secondary N) is 1. The van der Waals surface area contributed by atoms with E-state index < -0.39 is 17.8 Å². The molecule has 1 amide bonds. The quantitative estimate of drug-likeness (QED) is 0.873. The van der Waals surface area contributed by atoms with Crippen molar-refractivity contribution in [3.05, 3.63) is 35.9 Å². The van der Waals surface area contributed by atoms with Crippen LogP contribution in [0.2, 0.25) is 0 Å². The number of aliphatic hydroxyl groups excluding tert-OH is 1. The molecule has 0 aromatic heterocycles. The summed E-state index contributed by atoms with van der Waals surface area (Å²) in [6.45, 7) is 5.43. The number of amides is 1. The summed E-state index contributed by atoms with van der Waals surface area (Å²) in [4.78, 5) is 24.0. The van der Waals surface area contributed by atoms with Crippen LogP contribution in [-0.4, -0.2) is 39.3 Å². The molecule has 0 radical (unpaired) electrons. The molecule has 1 aliphatic rings. The molecular formula is C18H25NO4S. The van der Waals surface area contributed by atoms with Crippen molar-refractivity contribution >= 4 is 23.0 Å². The van der Waals surface area contributed by atoms with Gasteiger partial charge in [-0.1, -0.05) is 42.1 Å². The van der Waals surface area contributed by atoms with Crippen LogP contribution in [0.4, 0.5) is 4.79 Å². The highest BCUT2D eigenvalue weighted by Crippen LogP contribution is 2.31. The maximum absolute atomic E-state index is 12.2. The zero-order valence-electron chi connectivity index (χ0n) is 14.3. The number of hydrogen-bond acceptors (Lipinski definition) is 5. The Morgan fingerprint density at radius 3 is 2.46 bits per heavy atom. The van der Waals surface area contributed by atoms with Gasteiger partial charge in [0.25, 0.3) is 0 Å². The predicted octanol–water partition coefficient (Wildman–Crippen LogP) is 3.37. The van der Waals surface area contributed by atoms with Gasteiger partial charge >= 0.3 is 6.09 Å². The predicted molar refractivity (Wildman–Crippen MR) is 95.2 cm³/mol. The number of rotatable bonds is 3. The first-order chi connectivity index (χ1) is 11.2. The molecule has 1 aromatic carbocycles. The first-order valence-electron chi connectivity index (χ1n) is 8.18. The fraction of sp³-hybridized carbons (Fsp3) is 0.556. The third-order valence-corrected chi connectivity index (χ3v) is 5.05. The molecule has 5 nitrogen and oxygen atoms in total. The fourth-order valence-electron chi connectivity index (χ4n) is 2.64. The molecule has 6 heteroatoms. The standard InChI is InChI=1S/C18H25NO4S/c1-18(2,3)23-17(22)19-13-9-10-15(14(20)11-13)24-16(21)12-7-5-4-6-8-12/h4-8,13-15,20H,9-11H2,1-3H3,(H,19,22)/t13-,14+,15+/m0/s1. The number of ether oxygens (including phenoxy) is 1. The molecule has 2 rings (SSSR count). The summed E-state index contributed by atoms with van der Waals surface area (Å²) < 4.78 is 5.23. The van der Waals surface area contributed by atoms with Crippen LogP contribution in [-0.2, 0) is 4.74 Å². The molecule has 1 aromatic rings. The summed E-state index contributed by atoms with van der Waals surface area (Å²) in [6, 6.07) is 8.94. The highest BCUT2D eigenvalue weighted by atomic mass is 32.2. The second-order valence-corrected chi connectivity index (χ2v) is 8.25. The van der Waals surface area contributed by atoms with Gasteiger partial charge < -0.3 is 15.2 Å². The lowest BCUT2D eigenvalue weighted by atomic mass is 9.92. The van der Waals surface area contributed by atoms with Gasteiger partial charge in [-0.25, -0.2) is 4.79 Å². The monoisotopic (exact) mass is 351 g/mol. The zero-order chi connectivity index (χ0) is 17.7. The number of aliphatic hydroxyl groups is 1. The Kier molecular flexibility index (Phi) is 6.29. The highest BCUT2D eigenvalue weighted by Gasteiger charge is 2.32. The highest BCUT2D eigenvalue weighted by molar-refractivity contribution is 8.14. The Hall–Kier alpha value is -1.53. The minimum atomic E-state index is -0.628. The van der Waals surface area contributed by atoms with Crippen molar-refractivity contribution in [3.8, 4) is 0 Å². The third-order valence-electron chi connectivity index (χ3n) is 3.74. The summed E-state index contributed by atoms with van der Waals surface area (Å²) in [6.07, 6.45) is 0.724. The van der Waals surface area contributed by atoms with Gasteiger partial charge in [-0.3, -0.25) is 4.79 Å². The first-order valence-corrected chi connectivity index (χ1v) is 9.06. The van der Waals surface area contributed by atoms with E-state index in [1.165, 1.54) is 11.8 Å². The van der Waals surface area contributed by atoms with Crippen LogP contribution in [0.5, 0.6) is 0 Å². The van der Waals surface area contributed by atoms with Crippen LogP contribution in [0.3, 0.4) is 0 Å². The van der Waals surface area contributed by atoms with Crippen LogP contribution >= 0.6 is 11.8 Å². The molecule has 2 N–H and O–H groups in total. The summed E-state index contributed by atoms with van der Waals surface area (Å²) >= 11 is 1.18. The minimum Gasteiger partial charge on any atom is -0.444 e. The van der Waals surface area contributed by atoms with Gasteiger partial charge in [0.05, 0.1) is 6.10 Å². The largest absolute Gasteiger partial charge is 0.444 e. The van der Waals surface area contributed by atoms with E-state index in [1.54, 1.807) is 12.1 Å². The molecule has 0 spiro atoms. The molecular weight excluding hydrogens is 326 g/mol. The van der Waals surface area contributed by atoms with Crippen molar-refractivity contribution in [3.63, 3.8) is 0 Å². The van der Waals surface area contributed by atoms with E-state index in [9.17, 15) is 14.7 Å². The number of benzene rings is 1. The summed E-state index contributed by atoms with van der Waals surface area (Å²) in [5, 5.41) is 12.9. The van der Waals surface area contributed by atoms with Crippen molar-refractivity contribution in [1.82, 2.24) is 5.32 Å². The molecule has 0 saturated heterocycles. The van der Waals surface area contributed by atoms with Gasteiger partial charge in [0.2, 0.25) is 5.12 Å². The molecule has 1 saturated carbocycles. The second kappa shape index (κ2) is 8.03. The lowest BCUT2D eigenvalue weighted by Gasteiger charge is -2.33. The molecule has 0 heterocycles. The van der Waals surface area contributed by atoms with Gasteiger partial charge in [0, 0.05) is 16.9 Å². The zero-order valence-corrected chi connectivity index (χ0v) is 15.1. The number of carbonyl (C=O) groups excluding carboxylic acids is 2. The fourth-order valence-corrected chi connectivity index (χ4v) is 3.71. The van der Waals surface area contributed by atoms with Crippen molar-refractivity contribution in [2.24, 2.45) is 0 Å². The van der Waals surface area contributed by atoms with Gasteiger partial charge in [-0.15, -0.1) is 0 Å². The first kappa shape index (κ1) is 18.8. The van der Waals surface area contributed by atoms with Gasteiger partial charge in [0.15, 0.2) is 0 Å². The Labute approximate surface area is 147 Å². The molecule has 0 aliphatic heterocycles. The van der Waals surface area contributed by atoms with Crippen molar-refractivity contribution in [1.29, 1.82) is 0 Å². The number of carbonyl (C=O) groups is 2. The topological polar surface area (TPSA) is 75.6 Å². The molecule has 0 bridgehead atoms. The maximum Gasteiger partial charge on any atom is 0.407 e. The van der Waals surface area contributed by atoms with Crippen LogP contribution < -0.4 is 5.32 Å². The van der Waals surface area contributed by atoms with E-state index >= 15 is 0 Å². The normalized spacial score (nSPS) is 24.2. The van der Waals surface area contributed by atoms with E-state index in [-0.39, 0.29) is 16.4 Å². The molecule has 0 unspecified atom stereocenters. The summed E-state index contributed by atoms with van der Waals surface area (Å²) in [5.74, 6) is 0. The average molecular weight is 351 g/mol. The van der Waals surface area contributed by atoms with E-state index in [4.69, 9.17) is 4.74 Å². The molecule has 1 aliphatic carbocycles. The summed E-state index contributed by atoms with van der Waals surface area (Å²) in [5.41, 5.74) is 0.0985. The molecule has 1 fully saturated rings. The Bertz CT molecular complexity index is 570. The number of hydrogen-bond donors (Lipinski definition) is 2. The minimum absolute atomic E-state index is 0.0294. The van der Waals surface area contributed by atoms with E-state index in [0.29, 0.717) is 18.4 Å². The average Bonchev–Trinajstić information content (AvgIpc) is 2.49. The lowest BCUT2D eigenvalue weighted by molar-refractivity contribution is 0.0455. The Morgan fingerprint density at radius 2 is 1.88 bits per heavy atom. The van der Waals surface area contributed by atoms with E-state index in [1.807, 2.05) is 39.0 Å². The number of alkyl carbamates (subject to hydrolysis) is 1. The van der Waals surface area contributed by atoms with Crippen LogP contribution in [0.25, 0.3) is 0 Å². The Balaban J connectivity index is 1.82.